The minimum absolute atomic E-state index is 0.0800. The number of hydrogen-bond acceptors (Lipinski definition) is 2. The van der Waals surface area contributed by atoms with Crippen molar-refractivity contribution < 1.29 is 9.53 Å². The number of amides is 1. The van der Waals surface area contributed by atoms with Crippen molar-refractivity contribution in [3.05, 3.63) is 60.3 Å². The number of nitrogens with one attached hydrogen (secondary N) is 2. The summed E-state index contributed by atoms with van der Waals surface area (Å²) < 4.78 is 5.81. The topological polar surface area (TPSA) is 54.1 Å². The van der Waals surface area contributed by atoms with Gasteiger partial charge in [0.05, 0.1) is 0 Å². The van der Waals surface area contributed by atoms with Gasteiger partial charge in [-0.15, -0.1) is 0 Å². The van der Waals surface area contributed by atoms with Gasteiger partial charge in [-0.25, -0.2) is 0 Å². The van der Waals surface area contributed by atoms with Gasteiger partial charge in [-0.3, -0.25) is 4.79 Å². The van der Waals surface area contributed by atoms with Crippen molar-refractivity contribution in [3.8, 4) is 11.5 Å². The standard InChI is InChI=1S/C18H18N2O2/c1-2-10-19-18(21)17-12-13-11-15(8-9-16(13)20-17)22-14-6-4-3-5-7-14/h3-9,11-12,20H,2,10H2,1H3,(H,19,21). The third-order valence-electron chi connectivity index (χ3n) is 3.35. The van der Waals surface area contributed by atoms with E-state index in [1.165, 1.54) is 0 Å². The van der Waals surface area contributed by atoms with Gasteiger partial charge in [0, 0.05) is 17.4 Å². The number of aromatic amines is 1. The molecule has 0 atom stereocenters. The van der Waals surface area contributed by atoms with Gasteiger partial charge in [0.15, 0.2) is 0 Å². The molecule has 3 rings (SSSR count). The highest BCUT2D eigenvalue weighted by Crippen LogP contribution is 2.26. The zero-order chi connectivity index (χ0) is 15.4. The second kappa shape index (κ2) is 6.35. The Hall–Kier alpha value is -2.75. The molecule has 2 aromatic carbocycles. The van der Waals surface area contributed by atoms with Crippen LogP contribution in [0.1, 0.15) is 23.8 Å². The first kappa shape index (κ1) is 14.2. The Kier molecular flexibility index (Phi) is 4.10. The van der Waals surface area contributed by atoms with Gasteiger partial charge in [-0.05, 0) is 42.8 Å². The monoisotopic (exact) mass is 294 g/mol. The van der Waals surface area contributed by atoms with Gasteiger partial charge in [0.25, 0.3) is 5.91 Å². The predicted octanol–water partition coefficient (Wildman–Crippen LogP) is 4.10. The quantitative estimate of drug-likeness (QED) is 0.744. The fraction of sp³-hybridized carbons (Fsp3) is 0.167. The van der Waals surface area contributed by atoms with Crippen molar-refractivity contribution >= 4 is 16.8 Å². The zero-order valence-electron chi connectivity index (χ0n) is 12.4. The van der Waals surface area contributed by atoms with Crippen LogP contribution >= 0.6 is 0 Å². The number of fused-ring (bicyclic) bond motifs is 1. The summed E-state index contributed by atoms with van der Waals surface area (Å²) in [6.07, 6.45) is 0.918. The molecule has 0 fully saturated rings. The van der Waals surface area contributed by atoms with Gasteiger partial charge in [-0.2, -0.15) is 0 Å². The van der Waals surface area contributed by atoms with E-state index in [-0.39, 0.29) is 5.91 Å². The highest BCUT2D eigenvalue weighted by Gasteiger charge is 2.09. The summed E-state index contributed by atoms with van der Waals surface area (Å²) in [5, 5.41) is 3.82. The van der Waals surface area contributed by atoms with Crippen LogP contribution in [0.15, 0.2) is 54.6 Å². The highest BCUT2D eigenvalue weighted by atomic mass is 16.5. The molecule has 0 saturated carbocycles. The molecule has 0 aliphatic rings. The number of H-pyrrole nitrogens is 1. The number of carbonyl (C=O) groups is 1. The summed E-state index contributed by atoms with van der Waals surface area (Å²) in [6.45, 7) is 2.70. The Morgan fingerprint density at radius 3 is 2.68 bits per heavy atom. The Morgan fingerprint density at radius 2 is 1.91 bits per heavy atom. The van der Waals surface area contributed by atoms with Crippen molar-refractivity contribution in [2.75, 3.05) is 6.54 Å². The molecule has 0 unspecified atom stereocenters. The molecule has 0 radical (unpaired) electrons. The maximum Gasteiger partial charge on any atom is 0.267 e. The van der Waals surface area contributed by atoms with Crippen LogP contribution in [0.2, 0.25) is 0 Å². The molecule has 0 aliphatic heterocycles. The second-order valence-electron chi connectivity index (χ2n) is 5.10. The molecule has 1 aromatic heterocycles. The number of benzene rings is 2. The van der Waals surface area contributed by atoms with Crippen LogP contribution in [0.25, 0.3) is 10.9 Å². The molecule has 2 N–H and O–H groups in total. The summed E-state index contributed by atoms with van der Waals surface area (Å²) in [4.78, 5) is 15.1. The number of ether oxygens (including phenoxy) is 1. The summed E-state index contributed by atoms with van der Waals surface area (Å²) >= 11 is 0. The molecule has 0 saturated heterocycles. The van der Waals surface area contributed by atoms with Crippen molar-refractivity contribution in [2.45, 2.75) is 13.3 Å². The zero-order valence-corrected chi connectivity index (χ0v) is 12.4. The van der Waals surface area contributed by atoms with E-state index in [9.17, 15) is 4.79 Å². The molecule has 112 valence electrons. The smallest absolute Gasteiger partial charge is 0.267 e. The van der Waals surface area contributed by atoms with Crippen LogP contribution in [-0.4, -0.2) is 17.4 Å². The van der Waals surface area contributed by atoms with Gasteiger partial charge >= 0.3 is 0 Å². The maximum absolute atomic E-state index is 12.0. The molecule has 1 heterocycles. The molecular formula is C18H18N2O2. The molecule has 4 heteroatoms. The lowest BCUT2D eigenvalue weighted by molar-refractivity contribution is 0.0949. The van der Waals surface area contributed by atoms with Gasteiger partial charge in [0.2, 0.25) is 0 Å². The molecule has 22 heavy (non-hydrogen) atoms. The van der Waals surface area contributed by atoms with Gasteiger partial charge < -0.3 is 15.0 Å². The van der Waals surface area contributed by atoms with Crippen LogP contribution < -0.4 is 10.1 Å². The lowest BCUT2D eigenvalue weighted by Crippen LogP contribution is -2.24. The highest BCUT2D eigenvalue weighted by molar-refractivity contribution is 5.98. The lowest BCUT2D eigenvalue weighted by atomic mass is 10.2. The fourth-order valence-electron chi connectivity index (χ4n) is 2.25. The summed E-state index contributed by atoms with van der Waals surface area (Å²) in [7, 11) is 0. The molecule has 3 aromatic rings. The molecule has 0 aliphatic carbocycles. The normalized spacial score (nSPS) is 10.6. The second-order valence-corrected chi connectivity index (χ2v) is 5.10. The number of aromatic nitrogens is 1. The van der Waals surface area contributed by atoms with Crippen molar-refractivity contribution in [3.63, 3.8) is 0 Å². The third kappa shape index (κ3) is 3.11. The number of carbonyl (C=O) groups excluding carboxylic acids is 1. The van der Waals surface area contributed by atoms with E-state index in [2.05, 4.69) is 10.3 Å². The Balaban J connectivity index is 1.82. The summed E-state index contributed by atoms with van der Waals surface area (Å²) in [5.41, 5.74) is 1.49. The summed E-state index contributed by atoms with van der Waals surface area (Å²) in [6, 6.07) is 17.2. The van der Waals surface area contributed by atoms with E-state index < -0.39 is 0 Å². The largest absolute Gasteiger partial charge is 0.457 e. The SMILES string of the molecule is CCCNC(=O)c1cc2cc(Oc3ccccc3)ccc2[nH]1. The van der Waals surface area contributed by atoms with E-state index in [0.29, 0.717) is 12.2 Å². The minimum Gasteiger partial charge on any atom is -0.457 e. The van der Waals surface area contributed by atoms with Gasteiger partial charge in [-0.1, -0.05) is 25.1 Å². The fourth-order valence-corrected chi connectivity index (χ4v) is 2.25. The summed E-state index contributed by atoms with van der Waals surface area (Å²) in [5.74, 6) is 1.46. The average molecular weight is 294 g/mol. The predicted molar refractivity (Wildman–Crippen MR) is 87.4 cm³/mol. The van der Waals surface area contributed by atoms with Crippen LogP contribution in [-0.2, 0) is 0 Å². The molecule has 1 amide bonds. The Bertz CT molecular complexity index is 778. The minimum atomic E-state index is -0.0800. The van der Waals surface area contributed by atoms with E-state index in [4.69, 9.17) is 4.74 Å². The third-order valence-corrected chi connectivity index (χ3v) is 3.35. The Morgan fingerprint density at radius 1 is 1.09 bits per heavy atom. The Labute approximate surface area is 129 Å². The average Bonchev–Trinajstić information content (AvgIpc) is 2.97. The van der Waals surface area contributed by atoms with Crippen LogP contribution in [0.3, 0.4) is 0 Å². The van der Waals surface area contributed by atoms with Crippen LogP contribution in [0.5, 0.6) is 11.5 Å². The molecule has 4 nitrogen and oxygen atoms in total. The van der Waals surface area contributed by atoms with Crippen molar-refractivity contribution in [2.24, 2.45) is 0 Å². The van der Waals surface area contributed by atoms with Crippen molar-refractivity contribution in [1.82, 2.24) is 10.3 Å². The molecule has 0 bridgehead atoms. The molecular weight excluding hydrogens is 276 g/mol. The van der Waals surface area contributed by atoms with E-state index in [1.807, 2.05) is 61.5 Å². The first-order valence-corrected chi connectivity index (χ1v) is 7.40. The van der Waals surface area contributed by atoms with Crippen LogP contribution in [0.4, 0.5) is 0 Å². The number of para-hydroxylation sites is 1. The van der Waals surface area contributed by atoms with E-state index in [1.54, 1.807) is 0 Å². The van der Waals surface area contributed by atoms with Crippen LogP contribution in [0, 0.1) is 0 Å². The molecule has 0 spiro atoms. The van der Waals surface area contributed by atoms with Gasteiger partial charge in [0.1, 0.15) is 17.2 Å². The van der Waals surface area contributed by atoms with Crippen molar-refractivity contribution in [1.29, 1.82) is 0 Å². The first-order chi connectivity index (χ1) is 10.8. The van der Waals surface area contributed by atoms with E-state index >= 15 is 0 Å². The number of hydrogen-bond donors (Lipinski definition) is 2. The van der Waals surface area contributed by atoms with E-state index in [0.717, 1.165) is 28.8 Å². The lowest BCUT2D eigenvalue weighted by Gasteiger charge is -2.04. The maximum atomic E-state index is 12.0. The number of rotatable bonds is 5. The first-order valence-electron chi connectivity index (χ1n) is 7.40.